The van der Waals surface area contributed by atoms with Gasteiger partial charge in [0.05, 0.1) is 17.6 Å². The molecule has 0 radical (unpaired) electrons. The number of nitrogens with zero attached hydrogens (tertiary/aromatic N) is 2. The number of anilines is 1. The van der Waals surface area contributed by atoms with Gasteiger partial charge in [-0.3, -0.25) is 14.5 Å². The van der Waals surface area contributed by atoms with E-state index in [0.717, 1.165) is 36.2 Å². The molecular formula is C23H22N4O2. The van der Waals surface area contributed by atoms with E-state index in [2.05, 4.69) is 21.6 Å². The minimum Gasteiger partial charge on any atom is -0.352 e. The smallest absolute Gasteiger partial charge is 0.250 e. The number of rotatable bonds is 3. The first-order valence-electron chi connectivity index (χ1n) is 10.1. The molecule has 2 fully saturated rings. The van der Waals surface area contributed by atoms with Crippen molar-refractivity contribution in [1.82, 2.24) is 10.2 Å². The topological polar surface area (TPSA) is 85.2 Å². The summed E-state index contributed by atoms with van der Waals surface area (Å²) >= 11 is 0. The minimum atomic E-state index is -0.920. The van der Waals surface area contributed by atoms with Gasteiger partial charge in [-0.05, 0) is 49.6 Å². The summed E-state index contributed by atoms with van der Waals surface area (Å²) in [6.07, 6.45) is 2.76. The number of hydrogen-bond acceptors (Lipinski definition) is 4. The predicted octanol–water partition coefficient (Wildman–Crippen LogP) is 2.51. The summed E-state index contributed by atoms with van der Waals surface area (Å²) < 4.78 is 0. The standard InChI is InChI=1S/C23H22N4O2/c24-13-15-5-3-6-16(11-15)14-25-21(28)19-12-17-7-4-10-27(17)23(19)18-8-1-2-9-20(18)26-22(23)29/h1-3,5-6,8-9,11,17,19H,4,7,10,12,14H2,(H,25,28)(H,26,29)/t17-,19+,23+/m1/s1. The third kappa shape index (κ3) is 2.58. The fraction of sp³-hybridized carbons (Fsp3) is 0.348. The van der Waals surface area contributed by atoms with Gasteiger partial charge in [-0.25, -0.2) is 0 Å². The van der Waals surface area contributed by atoms with E-state index in [4.69, 9.17) is 5.26 Å². The molecule has 2 amide bonds. The van der Waals surface area contributed by atoms with Crippen molar-refractivity contribution in [3.63, 3.8) is 0 Å². The van der Waals surface area contributed by atoms with Crippen LogP contribution in [0.5, 0.6) is 0 Å². The quantitative estimate of drug-likeness (QED) is 0.849. The van der Waals surface area contributed by atoms with Gasteiger partial charge in [-0.15, -0.1) is 0 Å². The van der Waals surface area contributed by atoms with Gasteiger partial charge in [0.1, 0.15) is 5.54 Å². The van der Waals surface area contributed by atoms with Crippen molar-refractivity contribution >= 4 is 17.5 Å². The van der Waals surface area contributed by atoms with E-state index >= 15 is 0 Å². The summed E-state index contributed by atoms with van der Waals surface area (Å²) in [5, 5.41) is 15.1. The lowest BCUT2D eigenvalue weighted by atomic mass is 9.78. The zero-order chi connectivity index (χ0) is 20.0. The van der Waals surface area contributed by atoms with Crippen LogP contribution in [0.3, 0.4) is 0 Å². The Hall–Kier alpha value is -3.17. The number of benzene rings is 2. The molecule has 6 nitrogen and oxygen atoms in total. The van der Waals surface area contributed by atoms with E-state index in [-0.39, 0.29) is 17.9 Å². The first kappa shape index (κ1) is 17.9. The maximum absolute atomic E-state index is 13.3. The first-order chi connectivity index (χ1) is 14.1. The zero-order valence-electron chi connectivity index (χ0n) is 16.0. The molecule has 0 unspecified atom stereocenters. The molecule has 3 aliphatic heterocycles. The van der Waals surface area contributed by atoms with Crippen molar-refractivity contribution in [3.05, 3.63) is 65.2 Å². The van der Waals surface area contributed by atoms with Crippen molar-refractivity contribution in [1.29, 1.82) is 5.26 Å². The number of fused-ring (bicyclic) bond motifs is 4. The fourth-order valence-corrected chi connectivity index (χ4v) is 5.44. The molecule has 2 saturated heterocycles. The summed E-state index contributed by atoms with van der Waals surface area (Å²) in [4.78, 5) is 28.9. The Morgan fingerprint density at radius 3 is 3.00 bits per heavy atom. The number of hydrogen-bond donors (Lipinski definition) is 2. The molecule has 2 N–H and O–H groups in total. The first-order valence-corrected chi connectivity index (χ1v) is 10.1. The van der Waals surface area contributed by atoms with Crippen LogP contribution in [0.1, 0.15) is 36.0 Å². The SMILES string of the molecule is N#Cc1cccc(CNC(=O)[C@@H]2C[C@H]3CCCN3[C@]23C(=O)Nc2ccccc23)c1. The van der Waals surface area contributed by atoms with Gasteiger partial charge < -0.3 is 10.6 Å². The van der Waals surface area contributed by atoms with Crippen LogP contribution in [0.2, 0.25) is 0 Å². The lowest BCUT2D eigenvalue weighted by Gasteiger charge is -2.36. The van der Waals surface area contributed by atoms with Gasteiger partial charge in [-0.2, -0.15) is 5.26 Å². The monoisotopic (exact) mass is 386 g/mol. The van der Waals surface area contributed by atoms with Gasteiger partial charge in [-0.1, -0.05) is 30.3 Å². The number of nitrogens with one attached hydrogen (secondary N) is 2. The highest BCUT2D eigenvalue weighted by molar-refractivity contribution is 6.09. The Kier molecular flexibility index (Phi) is 4.14. The minimum absolute atomic E-state index is 0.0882. The summed E-state index contributed by atoms with van der Waals surface area (Å²) in [6, 6.07) is 17.3. The van der Waals surface area contributed by atoms with Crippen molar-refractivity contribution in [2.75, 3.05) is 11.9 Å². The van der Waals surface area contributed by atoms with Crippen molar-refractivity contribution in [2.24, 2.45) is 5.92 Å². The molecule has 2 aromatic rings. The average Bonchev–Trinajstić information content (AvgIpc) is 3.41. The molecule has 146 valence electrons. The molecule has 1 spiro atoms. The predicted molar refractivity (Wildman–Crippen MR) is 108 cm³/mol. The van der Waals surface area contributed by atoms with Gasteiger partial charge in [0, 0.05) is 23.8 Å². The Bertz CT molecular complexity index is 1040. The summed E-state index contributed by atoms with van der Waals surface area (Å²) in [5.74, 6) is -0.626. The highest BCUT2D eigenvalue weighted by atomic mass is 16.2. The van der Waals surface area contributed by atoms with Crippen LogP contribution in [-0.2, 0) is 21.7 Å². The Morgan fingerprint density at radius 2 is 2.14 bits per heavy atom. The molecule has 3 atom stereocenters. The van der Waals surface area contributed by atoms with Crippen LogP contribution in [0.15, 0.2) is 48.5 Å². The maximum Gasteiger partial charge on any atom is 0.250 e. The molecule has 3 aliphatic rings. The van der Waals surface area contributed by atoms with Crippen LogP contribution < -0.4 is 10.6 Å². The number of amides is 2. The van der Waals surface area contributed by atoms with E-state index in [1.54, 1.807) is 12.1 Å². The third-order valence-electron chi connectivity index (χ3n) is 6.61. The van der Waals surface area contributed by atoms with Gasteiger partial charge in [0.15, 0.2) is 0 Å². The second-order valence-electron chi connectivity index (χ2n) is 8.07. The van der Waals surface area contributed by atoms with Crippen LogP contribution in [-0.4, -0.2) is 29.3 Å². The van der Waals surface area contributed by atoms with Crippen LogP contribution in [0.25, 0.3) is 0 Å². The molecule has 0 saturated carbocycles. The number of nitriles is 1. The van der Waals surface area contributed by atoms with Gasteiger partial charge in [0.25, 0.3) is 0 Å². The summed E-state index contributed by atoms with van der Waals surface area (Å²) in [6.45, 7) is 1.18. The van der Waals surface area contributed by atoms with Crippen molar-refractivity contribution < 1.29 is 9.59 Å². The molecule has 0 aromatic heterocycles. The second kappa shape index (κ2) is 6.71. The Morgan fingerprint density at radius 1 is 1.28 bits per heavy atom. The van der Waals surface area contributed by atoms with E-state index in [1.165, 1.54) is 0 Å². The van der Waals surface area contributed by atoms with Crippen LogP contribution in [0.4, 0.5) is 5.69 Å². The van der Waals surface area contributed by atoms with E-state index in [9.17, 15) is 9.59 Å². The van der Waals surface area contributed by atoms with Crippen molar-refractivity contribution in [3.8, 4) is 6.07 Å². The van der Waals surface area contributed by atoms with E-state index in [0.29, 0.717) is 18.5 Å². The van der Waals surface area contributed by atoms with Crippen LogP contribution >= 0.6 is 0 Å². The van der Waals surface area contributed by atoms with E-state index < -0.39 is 11.5 Å². The molecule has 0 aliphatic carbocycles. The molecule has 29 heavy (non-hydrogen) atoms. The van der Waals surface area contributed by atoms with E-state index in [1.807, 2.05) is 36.4 Å². The molecule has 3 heterocycles. The number of carbonyl (C=O) groups is 2. The highest BCUT2D eigenvalue weighted by Crippen LogP contribution is 2.55. The lowest BCUT2D eigenvalue weighted by molar-refractivity contribution is -0.137. The molecule has 2 aromatic carbocycles. The van der Waals surface area contributed by atoms with Gasteiger partial charge in [0.2, 0.25) is 11.8 Å². The largest absolute Gasteiger partial charge is 0.352 e. The van der Waals surface area contributed by atoms with Crippen LogP contribution in [0, 0.1) is 17.2 Å². The average molecular weight is 386 g/mol. The highest BCUT2D eigenvalue weighted by Gasteiger charge is 2.65. The fourth-order valence-electron chi connectivity index (χ4n) is 5.44. The normalized spacial score (nSPS) is 27.3. The molecule has 0 bridgehead atoms. The molecular weight excluding hydrogens is 364 g/mol. The maximum atomic E-state index is 13.3. The van der Waals surface area contributed by atoms with Crippen molar-refractivity contribution in [2.45, 2.75) is 37.4 Å². The third-order valence-corrected chi connectivity index (χ3v) is 6.61. The van der Waals surface area contributed by atoms with Gasteiger partial charge >= 0.3 is 0 Å². The molecule has 6 heteroatoms. The second-order valence-corrected chi connectivity index (χ2v) is 8.07. The Balaban J connectivity index is 1.47. The Labute approximate surface area is 169 Å². The molecule has 5 rings (SSSR count). The number of carbonyl (C=O) groups excluding carboxylic acids is 2. The lowest BCUT2D eigenvalue weighted by Crippen LogP contribution is -2.54. The summed E-state index contributed by atoms with van der Waals surface area (Å²) in [7, 11) is 0. The zero-order valence-corrected chi connectivity index (χ0v) is 16.0. The summed E-state index contributed by atoms with van der Waals surface area (Å²) in [5.41, 5.74) is 2.25. The number of para-hydroxylation sites is 1.